The lowest BCUT2D eigenvalue weighted by atomic mass is 10.0. The summed E-state index contributed by atoms with van der Waals surface area (Å²) in [6, 6.07) is 17.0. The van der Waals surface area contributed by atoms with Crippen molar-refractivity contribution in [2.75, 3.05) is 13.1 Å². The van der Waals surface area contributed by atoms with Crippen LogP contribution in [0.3, 0.4) is 0 Å². The van der Waals surface area contributed by atoms with Crippen LogP contribution in [0.5, 0.6) is 0 Å². The molecule has 5 nitrogen and oxygen atoms in total. The Kier molecular flexibility index (Phi) is 4.96. The summed E-state index contributed by atoms with van der Waals surface area (Å²) in [7, 11) is 0. The first-order valence-electron chi connectivity index (χ1n) is 9.17. The quantitative estimate of drug-likeness (QED) is 0.745. The van der Waals surface area contributed by atoms with Crippen molar-refractivity contribution in [3.63, 3.8) is 0 Å². The van der Waals surface area contributed by atoms with Gasteiger partial charge in [0.05, 0.1) is 23.3 Å². The van der Waals surface area contributed by atoms with Crippen molar-refractivity contribution < 1.29 is 0 Å². The van der Waals surface area contributed by atoms with Crippen molar-refractivity contribution in [2.24, 2.45) is 0 Å². The summed E-state index contributed by atoms with van der Waals surface area (Å²) in [5.41, 5.74) is 4.41. The van der Waals surface area contributed by atoms with E-state index in [4.69, 9.17) is 5.26 Å². The molecule has 2 heterocycles. The van der Waals surface area contributed by atoms with Gasteiger partial charge in [-0.2, -0.15) is 10.4 Å². The fourth-order valence-corrected chi connectivity index (χ4v) is 3.68. The Morgan fingerprint density at radius 3 is 2.73 bits per heavy atom. The molecular formula is C21H23N5. The molecule has 0 unspecified atom stereocenters. The summed E-state index contributed by atoms with van der Waals surface area (Å²) in [4.78, 5) is 2.50. The van der Waals surface area contributed by atoms with E-state index in [0.29, 0.717) is 6.04 Å². The van der Waals surface area contributed by atoms with Gasteiger partial charge in [0, 0.05) is 24.5 Å². The van der Waals surface area contributed by atoms with Crippen molar-refractivity contribution in [1.82, 2.24) is 20.4 Å². The molecule has 1 fully saturated rings. The molecule has 0 radical (unpaired) electrons. The molecule has 1 aromatic heterocycles. The Balaban J connectivity index is 1.27. The Bertz CT molecular complexity index is 898. The van der Waals surface area contributed by atoms with Gasteiger partial charge in [-0.15, -0.1) is 0 Å². The maximum absolute atomic E-state index is 8.89. The van der Waals surface area contributed by atoms with E-state index in [-0.39, 0.29) is 0 Å². The molecule has 2 N–H and O–H groups in total. The highest BCUT2D eigenvalue weighted by Gasteiger charge is 2.19. The van der Waals surface area contributed by atoms with E-state index in [1.54, 1.807) is 0 Å². The average molecular weight is 345 g/mol. The number of nitrogens with zero attached hydrogens (tertiary/aromatic N) is 3. The lowest BCUT2D eigenvalue weighted by molar-refractivity contribution is 0.190. The number of hydrogen-bond acceptors (Lipinski definition) is 4. The van der Waals surface area contributed by atoms with E-state index in [0.717, 1.165) is 50.1 Å². The van der Waals surface area contributed by atoms with Crippen LogP contribution in [0.2, 0.25) is 0 Å². The molecule has 5 heteroatoms. The van der Waals surface area contributed by atoms with Gasteiger partial charge in [-0.3, -0.25) is 10.00 Å². The van der Waals surface area contributed by atoms with Crippen LogP contribution in [-0.4, -0.2) is 34.2 Å². The lowest BCUT2D eigenvalue weighted by Gasteiger charge is -2.32. The predicted octanol–water partition coefficient (Wildman–Crippen LogP) is 3.19. The number of piperidine rings is 1. The number of nitrogens with one attached hydrogen (secondary N) is 2. The van der Waals surface area contributed by atoms with E-state index < -0.39 is 0 Å². The standard InChI is InChI=1S/C21H23N5/c22-12-16-4-6-17(7-5-16)15-26-10-8-19(9-11-26)23-13-18-2-1-3-21-20(18)14-24-25-21/h1-7,14,19,23H,8-11,13,15H2,(H,24,25). The van der Waals surface area contributed by atoms with Crippen LogP contribution in [0.1, 0.15) is 29.5 Å². The Labute approximate surface area is 153 Å². The largest absolute Gasteiger partial charge is 0.310 e. The zero-order chi connectivity index (χ0) is 17.8. The van der Waals surface area contributed by atoms with E-state index in [1.807, 2.05) is 18.3 Å². The summed E-state index contributed by atoms with van der Waals surface area (Å²) in [6.45, 7) is 4.06. The van der Waals surface area contributed by atoms with Crippen LogP contribution in [0.4, 0.5) is 0 Å². The molecule has 1 aliphatic rings. The molecule has 132 valence electrons. The predicted molar refractivity (Wildman–Crippen MR) is 102 cm³/mol. The van der Waals surface area contributed by atoms with Gasteiger partial charge in [-0.25, -0.2) is 0 Å². The topological polar surface area (TPSA) is 67.7 Å². The maximum Gasteiger partial charge on any atom is 0.0991 e. The Hall–Kier alpha value is -2.68. The summed E-state index contributed by atoms with van der Waals surface area (Å²) in [5.74, 6) is 0. The molecule has 0 amide bonds. The summed E-state index contributed by atoms with van der Waals surface area (Å²) < 4.78 is 0. The molecule has 0 spiro atoms. The average Bonchev–Trinajstić information content (AvgIpc) is 3.17. The van der Waals surface area contributed by atoms with Gasteiger partial charge in [-0.1, -0.05) is 24.3 Å². The number of aromatic amines is 1. The fourth-order valence-electron chi connectivity index (χ4n) is 3.68. The van der Waals surface area contributed by atoms with E-state index in [2.05, 4.69) is 56.8 Å². The molecule has 4 rings (SSSR count). The monoisotopic (exact) mass is 345 g/mol. The SMILES string of the molecule is N#Cc1ccc(CN2CCC(NCc3cccc4[nH]ncc34)CC2)cc1. The third-order valence-corrected chi connectivity index (χ3v) is 5.23. The third kappa shape index (κ3) is 3.77. The minimum atomic E-state index is 0.564. The van der Waals surface area contributed by atoms with Crippen molar-refractivity contribution in [3.8, 4) is 6.07 Å². The van der Waals surface area contributed by atoms with Crippen molar-refractivity contribution in [2.45, 2.75) is 32.0 Å². The second-order valence-corrected chi connectivity index (χ2v) is 6.99. The molecule has 0 saturated carbocycles. The van der Waals surface area contributed by atoms with Gasteiger partial charge in [0.1, 0.15) is 0 Å². The summed E-state index contributed by atoms with van der Waals surface area (Å²) in [6.07, 6.45) is 4.24. The molecule has 0 bridgehead atoms. The molecule has 1 saturated heterocycles. The number of benzene rings is 2. The number of H-pyrrole nitrogens is 1. The first-order chi connectivity index (χ1) is 12.8. The zero-order valence-electron chi connectivity index (χ0n) is 14.8. The molecule has 26 heavy (non-hydrogen) atoms. The smallest absolute Gasteiger partial charge is 0.0991 e. The van der Waals surface area contributed by atoms with Crippen LogP contribution < -0.4 is 5.32 Å². The Morgan fingerprint density at radius 2 is 1.96 bits per heavy atom. The molecule has 0 aliphatic carbocycles. The number of aromatic nitrogens is 2. The third-order valence-electron chi connectivity index (χ3n) is 5.23. The van der Waals surface area contributed by atoms with Gasteiger partial charge in [-0.05, 0) is 55.3 Å². The van der Waals surface area contributed by atoms with Crippen LogP contribution >= 0.6 is 0 Å². The van der Waals surface area contributed by atoms with Crippen molar-refractivity contribution in [3.05, 3.63) is 65.4 Å². The second-order valence-electron chi connectivity index (χ2n) is 6.99. The molecule has 1 aliphatic heterocycles. The van der Waals surface area contributed by atoms with Gasteiger partial charge in [0.25, 0.3) is 0 Å². The number of fused-ring (bicyclic) bond motifs is 1. The van der Waals surface area contributed by atoms with Gasteiger partial charge < -0.3 is 5.32 Å². The summed E-state index contributed by atoms with van der Waals surface area (Å²) >= 11 is 0. The normalized spacial score (nSPS) is 16.0. The molecule has 3 aromatic rings. The van der Waals surface area contributed by atoms with Crippen LogP contribution in [-0.2, 0) is 13.1 Å². The number of likely N-dealkylation sites (tertiary alicyclic amines) is 1. The van der Waals surface area contributed by atoms with Gasteiger partial charge in [0.2, 0.25) is 0 Å². The zero-order valence-corrected chi connectivity index (χ0v) is 14.8. The van der Waals surface area contributed by atoms with Crippen molar-refractivity contribution in [1.29, 1.82) is 5.26 Å². The van der Waals surface area contributed by atoms with Gasteiger partial charge in [0.15, 0.2) is 0 Å². The van der Waals surface area contributed by atoms with E-state index in [9.17, 15) is 0 Å². The van der Waals surface area contributed by atoms with Crippen LogP contribution in [0.15, 0.2) is 48.7 Å². The van der Waals surface area contributed by atoms with Gasteiger partial charge >= 0.3 is 0 Å². The fraction of sp³-hybridized carbons (Fsp3) is 0.333. The first-order valence-corrected chi connectivity index (χ1v) is 9.17. The lowest BCUT2D eigenvalue weighted by Crippen LogP contribution is -2.41. The maximum atomic E-state index is 8.89. The second kappa shape index (κ2) is 7.69. The first kappa shape index (κ1) is 16.8. The molecule has 2 aromatic carbocycles. The highest BCUT2D eigenvalue weighted by Crippen LogP contribution is 2.18. The molecule has 0 atom stereocenters. The van der Waals surface area contributed by atoms with E-state index >= 15 is 0 Å². The highest BCUT2D eigenvalue weighted by molar-refractivity contribution is 5.81. The minimum absolute atomic E-state index is 0.564. The Morgan fingerprint density at radius 1 is 1.15 bits per heavy atom. The number of rotatable bonds is 5. The highest BCUT2D eigenvalue weighted by atomic mass is 15.1. The van der Waals surface area contributed by atoms with Crippen molar-refractivity contribution >= 4 is 10.9 Å². The van der Waals surface area contributed by atoms with Crippen LogP contribution in [0.25, 0.3) is 10.9 Å². The number of hydrogen-bond donors (Lipinski definition) is 2. The minimum Gasteiger partial charge on any atom is -0.310 e. The summed E-state index contributed by atoms with van der Waals surface area (Å²) in [5, 5.41) is 21.0. The molecular weight excluding hydrogens is 322 g/mol. The number of nitriles is 1. The van der Waals surface area contributed by atoms with E-state index in [1.165, 1.54) is 16.5 Å². The van der Waals surface area contributed by atoms with Crippen LogP contribution in [0, 0.1) is 11.3 Å².